The van der Waals surface area contributed by atoms with Gasteiger partial charge in [-0.05, 0) is 81.6 Å². The first-order valence-corrected chi connectivity index (χ1v) is 7.89. The van der Waals surface area contributed by atoms with Crippen LogP contribution in [0.1, 0.15) is 44.9 Å². The summed E-state index contributed by atoms with van der Waals surface area (Å²) in [6, 6.07) is 0. The van der Waals surface area contributed by atoms with Crippen LogP contribution in [0.3, 0.4) is 0 Å². The highest BCUT2D eigenvalue weighted by Gasteiger charge is 2.28. The van der Waals surface area contributed by atoms with E-state index in [4.69, 9.17) is 0 Å². The number of carbonyl (C=O) groups excluding carboxylic acids is 2. The predicted molar refractivity (Wildman–Crippen MR) is 91.6 cm³/mol. The van der Waals surface area contributed by atoms with Crippen molar-refractivity contribution in [3.05, 3.63) is 27.4 Å². The fraction of sp³-hybridized carbons (Fsp3) is 0.182. The van der Waals surface area contributed by atoms with Gasteiger partial charge in [-0.3, -0.25) is 9.59 Å². The molecule has 1 rings (SSSR count). The van der Waals surface area contributed by atoms with Gasteiger partial charge < -0.3 is 5.11 Å². The Hall–Kier alpha value is 0.220. The zero-order chi connectivity index (χ0) is 14.2. The predicted octanol–water partition coefficient (Wildman–Crippen LogP) is 3.60. The van der Waals surface area contributed by atoms with Crippen molar-refractivity contribution in [3.63, 3.8) is 0 Å². The van der Waals surface area contributed by atoms with Gasteiger partial charge in [0.05, 0.1) is 5.56 Å². The molecule has 0 bridgehead atoms. The Balaban J connectivity index is 3.99. The number of ketones is 2. The van der Waals surface area contributed by atoms with Crippen molar-refractivity contribution in [1.82, 2.24) is 0 Å². The molecule has 96 valence electrons. The summed E-state index contributed by atoms with van der Waals surface area (Å²) in [7, 11) is 0. The van der Waals surface area contributed by atoms with Crippen molar-refractivity contribution in [2.45, 2.75) is 13.8 Å². The second kappa shape index (κ2) is 6.11. The van der Waals surface area contributed by atoms with Crippen LogP contribution in [0.15, 0.2) is 0 Å². The van der Waals surface area contributed by atoms with Crippen LogP contribution in [0.5, 0.6) is 0 Å². The third-order valence-corrected chi connectivity index (χ3v) is 7.54. The van der Waals surface area contributed by atoms with E-state index in [1.54, 1.807) is 0 Å². The van der Waals surface area contributed by atoms with Crippen LogP contribution in [0.2, 0.25) is 0 Å². The number of Topliss-reactive ketones (excluding diaryl/α,β-unsaturated/α-hetero) is 2. The van der Waals surface area contributed by atoms with Gasteiger partial charge in [0.25, 0.3) is 0 Å². The third-order valence-electron chi connectivity index (χ3n) is 2.24. The van der Waals surface area contributed by atoms with Crippen LogP contribution in [-0.4, -0.2) is 22.6 Å². The van der Waals surface area contributed by atoms with Crippen LogP contribution in [0, 0.1) is 10.7 Å². The molecule has 0 heterocycles. The molecule has 0 unspecified atom stereocenters. The minimum atomic E-state index is -1.19. The quantitative estimate of drug-likeness (QED) is 0.335. The van der Waals surface area contributed by atoms with E-state index in [1.165, 1.54) is 13.8 Å². The zero-order valence-electron chi connectivity index (χ0n) is 9.31. The molecule has 4 nitrogen and oxygen atoms in total. The average molecular weight is 584 g/mol. The number of carbonyl (C=O) groups is 3. The molecule has 0 atom stereocenters. The standard InChI is InChI=1S/C11H7I3O4/c1-3(15)5-6(4(2)16)8(12)10(14)9(13)7(5)11(17)18/h1-2H3,(H,17,18). The van der Waals surface area contributed by atoms with Gasteiger partial charge in [-0.1, -0.05) is 0 Å². The second-order valence-electron chi connectivity index (χ2n) is 3.48. The van der Waals surface area contributed by atoms with Gasteiger partial charge in [0, 0.05) is 21.8 Å². The minimum Gasteiger partial charge on any atom is -0.478 e. The molecular formula is C11H7I3O4. The summed E-state index contributed by atoms with van der Waals surface area (Å²) in [5.74, 6) is -1.91. The maximum absolute atomic E-state index is 11.7. The third kappa shape index (κ3) is 2.86. The molecule has 0 amide bonds. The maximum Gasteiger partial charge on any atom is 0.337 e. The van der Waals surface area contributed by atoms with E-state index in [0.717, 1.165) is 0 Å². The van der Waals surface area contributed by atoms with Crippen LogP contribution in [0.25, 0.3) is 0 Å². The number of hydrogen-bond donors (Lipinski definition) is 1. The molecule has 7 heteroatoms. The number of benzene rings is 1. The number of halogens is 3. The van der Waals surface area contributed by atoms with E-state index in [1.807, 2.05) is 67.8 Å². The SMILES string of the molecule is CC(=O)c1c(I)c(I)c(I)c(C(=O)O)c1C(C)=O. The molecule has 1 aromatic carbocycles. The minimum absolute atomic E-state index is 0.00390. The molecule has 0 aliphatic rings. The first-order valence-electron chi connectivity index (χ1n) is 4.65. The van der Waals surface area contributed by atoms with Crippen molar-refractivity contribution in [3.8, 4) is 0 Å². The number of aromatic carboxylic acids is 1. The summed E-state index contributed by atoms with van der Waals surface area (Å²) in [4.78, 5) is 34.7. The molecule has 0 saturated carbocycles. The normalized spacial score (nSPS) is 10.3. The summed E-state index contributed by atoms with van der Waals surface area (Å²) in [5, 5.41) is 9.24. The van der Waals surface area contributed by atoms with Gasteiger partial charge in [0.2, 0.25) is 0 Å². The molecule has 1 aromatic rings. The smallest absolute Gasteiger partial charge is 0.337 e. The van der Waals surface area contributed by atoms with Crippen molar-refractivity contribution < 1.29 is 19.5 Å². The monoisotopic (exact) mass is 584 g/mol. The molecule has 1 N–H and O–H groups in total. The number of hydrogen-bond acceptors (Lipinski definition) is 3. The Morgan fingerprint density at radius 1 is 0.778 bits per heavy atom. The average Bonchev–Trinajstić information content (AvgIpc) is 2.23. The van der Waals surface area contributed by atoms with Gasteiger partial charge in [-0.2, -0.15) is 0 Å². The van der Waals surface area contributed by atoms with Crippen LogP contribution in [-0.2, 0) is 0 Å². The summed E-state index contributed by atoms with van der Waals surface area (Å²) in [6.07, 6.45) is 0. The summed E-state index contributed by atoms with van der Waals surface area (Å²) >= 11 is 5.84. The lowest BCUT2D eigenvalue weighted by molar-refractivity contribution is 0.0691. The summed E-state index contributed by atoms with van der Waals surface area (Å²) in [6.45, 7) is 2.60. The fourth-order valence-electron chi connectivity index (χ4n) is 1.54. The van der Waals surface area contributed by atoms with E-state index < -0.39 is 11.8 Å². The Morgan fingerprint density at radius 3 is 1.50 bits per heavy atom. The lowest BCUT2D eigenvalue weighted by Crippen LogP contribution is -2.17. The van der Waals surface area contributed by atoms with Crippen molar-refractivity contribution >= 4 is 85.3 Å². The molecule has 0 aliphatic heterocycles. The van der Waals surface area contributed by atoms with Crippen molar-refractivity contribution in [2.24, 2.45) is 0 Å². The van der Waals surface area contributed by atoms with Gasteiger partial charge in [0.1, 0.15) is 0 Å². The van der Waals surface area contributed by atoms with E-state index in [0.29, 0.717) is 10.7 Å². The van der Waals surface area contributed by atoms with E-state index in [2.05, 4.69) is 0 Å². The number of rotatable bonds is 3. The molecule has 0 radical (unpaired) electrons. The first kappa shape index (κ1) is 16.3. The van der Waals surface area contributed by atoms with Crippen molar-refractivity contribution in [1.29, 1.82) is 0 Å². The Kier molecular flexibility index (Phi) is 5.53. The number of carboxylic acids is 1. The molecular weight excluding hydrogens is 577 g/mol. The highest BCUT2D eigenvalue weighted by Crippen LogP contribution is 2.32. The second-order valence-corrected chi connectivity index (χ2v) is 6.72. The molecule has 0 saturated heterocycles. The lowest BCUT2D eigenvalue weighted by atomic mass is 9.96. The summed E-state index contributed by atoms with van der Waals surface area (Å²) in [5.41, 5.74) is 0.118. The summed E-state index contributed by atoms with van der Waals surface area (Å²) < 4.78 is 1.79. The van der Waals surface area contributed by atoms with E-state index in [-0.39, 0.29) is 22.5 Å². The van der Waals surface area contributed by atoms with E-state index in [9.17, 15) is 19.5 Å². The topological polar surface area (TPSA) is 71.4 Å². The first-order chi connectivity index (χ1) is 8.20. The van der Waals surface area contributed by atoms with Gasteiger partial charge in [-0.25, -0.2) is 4.79 Å². The fourth-order valence-corrected chi connectivity index (χ4v) is 4.29. The Morgan fingerprint density at radius 2 is 1.17 bits per heavy atom. The lowest BCUT2D eigenvalue weighted by Gasteiger charge is -2.14. The van der Waals surface area contributed by atoms with Crippen LogP contribution in [0.4, 0.5) is 0 Å². The van der Waals surface area contributed by atoms with Crippen LogP contribution < -0.4 is 0 Å². The molecule has 0 aromatic heterocycles. The van der Waals surface area contributed by atoms with Crippen LogP contribution >= 0.6 is 67.8 Å². The molecule has 18 heavy (non-hydrogen) atoms. The van der Waals surface area contributed by atoms with Gasteiger partial charge in [-0.15, -0.1) is 0 Å². The highest BCUT2D eigenvalue weighted by molar-refractivity contribution is 14.1. The zero-order valence-corrected chi connectivity index (χ0v) is 15.8. The largest absolute Gasteiger partial charge is 0.478 e. The molecule has 0 fully saturated rings. The van der Waals surface area contributed by atoms with E-state index >= 15 is 0 Å². The van der Waals surface area contributed by atoms with Gasteiger partial charge >= 0.3 is 5.97 Å². The Labute approximate surface area is 144 Å². The number of carboxylic acid groups (broad SMARTS) is 1. The van der Waals surface area contributed by atoms with Crippen molar-refractivity contribution in [2.75, 3.05) is 0 Å². The maximum atomic E-state index is 11.7. The molecule has 0 spiro atoms. The molecule has 0 aliphatic carbocycles. The van der Waals surface area contributed by atoms with Gasteiger partial charge in [0.15, 0.2) is 11.6 Å². The highest BCUT2D eigenvalue weighted by atomic mass is 127. The Bertz CT molecular complexity index is 537.